The third-order valence-corrected chi connectivity index (χ3v) is 4.12. The fraction of sp³-hybridized carbons (Fsp3) is 0.211. The molecule has 0 aliphatic rings. The maximum absolute atomic E-state index is 11.1. The molecule has 0 unspecified atom stereocenters. The Morgan fingerprint density at radius 3 is 2.92 bits per heavy atom. The molecular weight excluding hydrogens is 332 g/mol. The van der Waals surface area contributed by atoms with E-state index < -0.39 is 0 Å². The minimum Gasteiger partial charge on any atom is -0.497 e. The molecule has 1 aromatic carbocycles. The van der Waals surface area contributed by atoms with Gasteiger partial charge in [0.2, 0.25) is 5.91 Å². The number of hydrogen-bond donors (Lipinski definition) is 1. The van der Waals surface area contributed by atoms with Gasteiger partial charge >= 0.3 is 6.01 Å². The summed E-state index contributed by atoms with van der Waals surface area (Å²) >= 11 is 0. The van der Waals surface area contributed by atoms with Gasteiger partial charge in [-0.25, -0.2) is 4.98 Å². The van der Waals surface area contributed by atoms with Crippen molar-refractivity contribution in [3.8, 4) is 5.75 Å². The van der Waals surface area contributed by atoms with Gasteiger partial charge in [-0.15, -0.1) is 0 Å². The van der Waals surface area contributed by atoms with Gasteiger partial charge < -0.3 is 13.6 Å². The predicted octanol–water partition coefficient (Wildman–Crippen LogP) is 3.23. The Morgan fingerprint density at radius 2 is 2.12 bits per heavy atom. The SMILES string of the molecule is COc1ccn2cc(CCc3ccc4nc(NC(C)=O)oc4c3)nc2c1. The lowest BCUT2D eigenvalue weighted by atomic mass is 10.1. The molecule has 0 saturated heterocycles. The van der Waals surface area contributed by atoms with Gasteiger partial charge in [0.25, 0.3) is 0 Å². The number of methoxy groups -OCH3 is 1. The second-order valence-electron chi connectivity index (χ2n) is 6.07. The normalized spacial score (nSPS) is 11.2. The summed E-state index contributed by atoms with van der Waals surface area (Å²) in [7, 11) is 1.65. The summed E-state index contributed by atoms with van der Waals surface area (Å²) in [6, 6.07) is 9.90. The van der Waals surface area contributed by atoms with Gasteiger partial charge in [-0.2, -0.15) is 4.98 Å². The van der Waals surface area contributed by atoms with Gasteiger partial charge in [0.15, 0.2) is 5.58 Å². The molecule has 1 amide bonds. The topological polar surface area (TPSA) is 81.7 Å². The number of oxazole rings is 1. The number of hydrogen-bond acceptors (Lipinski definition) is 5. The van der Waals surface area contributed by atoms with Crippen LogP contribution in [-0.4, -0.2) is 27.4 Å². The molecule has 26 heavy (non-hydrogen) atoms. The molecular formula is C19H18N4O3. The molecule has 0 aliphatic carbocycles. The predicted molar refractivity (Wildman–Crippen MR) is 97.5 cm³/mol. The number of rotatable bonds is 5. The second-order valence-corrected chi connectivity index (χ2v) is 6.07. The molecule has 4 rings (SSSR count). The maximum Gasteiger partial charge on any atom is 0.302 e. The van der Waals surface area contributed by atoms with Gasteiger partial charge in [-0.1, -0.05) is 6.07 Å². The Balaban J connectivity index is 1.51. The minimum absolute atomic E-state index is 0.208. The van der Waals surface area contributed by atoms with E-state index >= 15 is 0 Å². The minimum atomic E-state index is -0.208. The fourth-order valence-corrected chi connectivity index (χ4v) is 2.86. The van der Waals surface area contributed by atoms with E-state index in [0.29, 0.717) is 5.58 Å². The number of carbonyl (C=O) groups is 1. The van der Waals surface area contributed by atoms with Crippen LogP contribution in [-0.2, 0) is 17.6 Å². The van der Waals surface area contributed by atoms with Crippen LogP contribution in [0.5, 0.6) is 5.75 Å². The fourth-order valence-electron chi connectivity index (χ4n) is 2.86. The van der Waals surface area contributed by atoms with Crippen molar-refractivity contribution in [2.45, 2.75) is 19.8 Å². The molecule has 1 N–H and O–H groups in total. The smallest absolute Gasteiger partial charge is 0.302 e. The Kier molecular flexibility index (Phi) is 4.04. The molecule has 0 bridgehead atoms. The highest BCUT2D eigenvalue weighted by molar-refractivity contribution is 5.88. The Hall–Kier alpha value is -3.35. The van der Waals surface area contributed by atoms with E-state index in [4.69, 9.17) is 9.15 Å². The maximum atomic E-state index is 11.1. The lowest BCUT2D eigenvalue weighted by Gasteiger charge is -1.98. The lowest BCUT2D eigenvalue weighted by molar-refractivity contribution is -0.114. The summed E-state index contributed by atoms with van der Waals surface area (Å²) in [6.45, 7) is 1.42. The second kappa shape index (κ2) is 6.51. The molecule has 3 heterocycles. The first-order chi connectivity index (χ1) is 12.6. The van der Waals surface area contributed by atoms with E-state index in [9.17, 15) is 4.79 Å². The van der Waals surface area contributed by atoms with Crippen molar-refractivity contribution in [2.24, 2.45) is 0 Å². The number of carbonyl (C=O) groups excluding carboxylic acids is 1. The van der Waals surface area contributed by atoms with E-state index in [1.165, 1.54) is 6.92 Å². The van der Waals surface area contributed by atoms with Crippen LogP contribution in [0, 0.1) is 0 Å². The number of benzene rings is 1. The Morgan fingerprint density at radius 1 is 1.23 bits per heavy atom. The zero-order valence-corrected chi connectivity index (χ0v) is 14.5. The van der Waals surface area contributed by atoms with Crippen LogP contribution in [0.2, 0.25) is 0 Å². The number of aryl methyl sites for hydroxylation is 2. The molecule has 132 valence electrons. The van der Waals surface area contributed by atoms with Gasteiger partial charge in [0.1, 0.15) is 16.9 Å². The molecule has 0 radical (unpaired) electrons. The van der Waals surface area contributed by atoms with Gasteiger partial charge in [0, 0.05) is 25.4 Å². The molecule has 7 nitrogen and oxygen atoms in total. The number of imidazole rings is 1. The van der Waals surface area contributed by atoms with Crippen LogP contribution in [0.15, 0.2) is 47.1 Å². The summed E-state index contributed by atoms with van der Waals surface area (Å²) in [5.74, 6) is 0.584. The van der Waals surface area contributed by atoms with Crippen molar-refractivity contribution in [3.63, 3.8) is 0 Å². The van der Waals surface area contributed by atoms with E-state index in [-0.39, 0.29) is 11.9 Å². The Bertz CT molecular complexity index is 1100. The molecule has 7 heteroatoms. The standard InChI is InChI=1S/C19H18N4O3/c1-12(24)20-19-22-16-6-4-13(9-17(16)26-19)3-5-14-11-23-8-7-15(25-2)10-18(23)21-14/h4,6-11H,3,5H2,1-2H3,(H,20,22,24). The van der Waals surface area contributed by atoms with E-state index in [1.54, 1.807) is 7.11 Å². The average Bonchev–Trinajstić information content (AvgIpc) is 3.20. The number of nitrogens with one attached hydrogen (secondary N) is 1. The average molecular weight is 350 g/mol. The van der Waals surface area contributed by atoms with Crippen LogP contribution in [0.4, 0.5) is 6.01 Å². The summed E-state index contributed by atoms with van der Waals surface area (Å²) in [6.07, 6.45) is 5.60. The molecule has 0 saturated carbocycles. The van der Waals surface area contributed by atoms with Crippen molar-refractivity contribution < 1.29 is 13.9 Å². The zero-order valence-electron chi connectivity index (χ0n) is 14.5. The first-order valence-corrected chi connectivity index (χ1v) is 8.29. The molecule has 0 fully saturated rings. The van der Waals surface area contributed by atoms with Crippen LogP contribution < -0.4 is 10.1 Å². The van der Waals surface area contributed by atoms with Crippen molar-refractivity contribution in [3.05, 3.63) is 54.0 Å². The molecule has 4 aromatic rings. The molecule has 0 atom stereocenters. The van der Waals surface area contributed by atoms with Crippen molar-refractivity contribution in [1.82, 2.24) is 14.4 Å². The van der Waals surface area contributed by atoms with Crippen LogP contribution >= 0.6 is 0 Å². The van der Waals surface area contributed by atoms with E-state index in [0.717, 1.165) is 41.0 Å². The summed E-state index contributed by atoms with van der Waals surface area (Å²) in [4.78, 5) is 20.0. The highest BCUT2D eigenvalue weighted by Gasteiger charge is 2.09. The first-order valence-electron chi connectivity index (χ1n) is 8.29. The number of anilines is 1. The van der Waals surface area contributed by atoms with E-state index in [2.05, 4.69) is 15.3 Å². The number of fused-ring (bicyclic) bond motifs is 2. The first kappa shape index (κ1) is 16.1. The Labute approximate surface area is 149 Å². The number of nitrogens with zero attached hydrogens (tertiary/aromatic N) is 3. The van der Waals surface area contributed by atoms with Crippen LogP contribution in [0.1, 0.15) is 18.2 Å². The highest BCUT2D eigenvalue weighted by Crippen LogP contribution is 2.21. The lowest BCUT2D eigenvalue weighted by Crippen LogP contribution is -2.05. The quantitative estimate of drug-likeness (QED) is 0.598. The van der Waals surface area contributed by atoms with E-state index in [1.807, 2.05) is 47.1 Å². The zero-order chi connectivity index (χ0) is 18.1. The third kappa shape index (κ3) is 3.23. The van der Waals surface area contributed by atoms with Gasteiger partial charge in [-0.05, 0) is 36.6 Å². The number of ether oxygens (including phenoxy) is 1. The number of aromatic nitrogens is 3. The summed E-state index contributed by atoms with van der Waals surface area (Å²) < 4.78 is 12.8. The highest BCUT2D eigenvalue weighted by atomic mass is 16.5. The van der Waals surface area contributed by atoms with Crippen molar-refractivity contribution in [1.29, 1.82) is 0 Å². The monoisotopic (exact) mass is 350 g/mol. The third-order valence-electron chi connectivity index (χ3n) is 4.12. The van der Waals surface area contributed by atoms with Gasteiger partial charge in [0.05, 0.1) is 12.8 Å². The largest absolute Gasteiger partial charge is 0.497 e. The molecule has 3 aromatic heterocycles. The van der Waals surface area contributed by atoms with Crippen LogP contribution in [0.3, 0.4) is 0 Å². The van der Waals surface area contributed by atoms with Crippen molar-refractivity contribution in [2.75, 3.05) is 12.4 Å². The van der Waals surface area contributed by atoms with Crippen molar-refractivity contribution >= 4 is 28.7 Å². The summed E-state index contributed by atoms with van der Waals surface area (Å²) in [5, 5.41) is 2.56. The molecule has 0 spiro atoms. The van der Waals surface area contributed by atoms with Crippen LogP contribution in [0.25, 0.3) is 16.7 Å². The molecule has 0 aliphatic heterocycles. The number of amides is 1. The van der Waals surface area contributed by atoms with Gasteiger partial charge in [-0.3, -0.25) is 10.1 Å². The number of pyridine rings is 1. The summed E-state index contributed by atoms with van der Waals surface area (Å²) in [5.41, 5.74) is 4.38.